The first kappa shape index (κ1) is 10.4. The summed E-state index contributed by atoms with van der Waals surface area (Å²) in [6.45, 7) is 0. The minimum atomic E-state index is -4.49. The zero-order valence-electron chi connectivity index (χ0n) is 6.65. The predicted molar refractivity (Wildman–Crippen MR) is 43.2 cm³/mol. The van der Waals surface area contributed by atoms with Gasteiger partial charge in [0.25, 0.3) is 0 Å². The maximum Gasteiger partial charge on any atom is 0.417 e. The van der Waals surface area contributed by atoms with Gasteiger partial charge in [-0.25, -0.2) is 4.39 Å². The van der Waals surface area contributed by atoms with Crippen LogP contribution in [0.25, 0.3) is 0 Å². The van der Waals surface area contributed by atoms with Crippen LogP contribution in [0, 0.1) is 5.82 Å². The summed E-state index contributed by atoms with van der Waals surface area (Å²) in [5.41, 5.74) is -0.917. The molecule has 1 aromatic rings. The fraction of sp³-hybridized carbons (Fsp3) is 0.250. The Morgan fingerprint density at radius 1 is 1.23 bits per heavy atom. The smallest absolute Gasteiger partial charge is 0.207 e. The number of alkyl halides is 3. The molecule has 0 aromatic heterocycles. The SMILES string of the molecule is CSc1ccc(F)cc1C(F)(F)F. The van der Waals surface area contributed by atoms with Gasteiger partial charge in [0, 0.05) is 4.90 Å². The van der Waals surface area contributed by atoms with Crippen molar-refractivity contribution >= 4 is 11.8 Å². The summed E-state index contributed by atoms with van der Waals surface area (Å²) in [6.07, 6.45) is -2.97. The van der Waals surface area contributed by atoms with Crippen LogP contribution in [0.15, 0.2) is 23.1 Å². The van der Waals surface area contributed by atoms with Crippen LogP contribution in [0.5, 0.6) is 0 Å². The number of benzene rings is 1. The van der Waals surface area contributed by atoms with Gasteiger partial charge in [0.15, 0.2) is 0 Å². The van der Waals surface area contributed by atoms with Crippen LogP contribution in [-0.4, -0.2) is 6.26 Å². The fourth-order valence-electron chi connectivity index (χ4n) is 0.902. The van der Waals surface area contributed by atoms with Crippen molar-refractivity contribution in [1.29, 1.82) is 0 Å². The van der Waals surface area contributed by atoms with Crippen LogP contribution in [0.1, 0.15) is 5.56 Å². The van der Waals surface area contributed by atoms with E-state index in [1.807, 2.05) is 0 Å². The summed E-state index contributed by atoms with van der Waals surface area (Å²) < 4.78 is 49.2. The Hall–Kier alpha value is -0.710. The molecule has 0 aliphatic rings. The van der Waals surface area contributed by atoms with Crippen molar-refractivity contribution in [2.45, 2.75) is 11.1 Å². The first-order valence-corrected chi connectivity index (χ1v) is 4.58. The highest BCUT2D eigenvalue weighted by Crippen LogP contribution is 2.36. The second-order valence-corrected chi connectivity index (χ2v) is 3.19. The molecule has 0 radical (unpaired) electrons. The average Bonchev–Trinajstić information content (AvgIpc) is 2.03. The number of halogens is 4. The quantitative estimate of drug-likeness (QED) is 0.504. The molecule has 1 rings (SSSR count). The molecule has 0 nitrogen and oxygen atoms in total. The summed E-state index contributed by atoms with van der Waals surface area (Å²) in [4.78, 5) is 0.0360. The zero-order chi connectivity index (χ0) is 10.1. The van der Waals surface area contributed by atoms with Gasteiger partial charge in [-0.15, -0.1) is 11.8 Å². The number of hydrogen-bond donors (Lipinski definition) is 0. The Bertz CT molecular complexity index is 306. The monoisotopic (exact) mass is 210 g/mol. The molecule has 0 bridgehead atoms. The van der Waals surface area contributed by atoms with Crippen molar-refractivity contribution in [3.8, 4) is 0 Å². The van der Waals surface area contributed by atoms with E-state index >= 15 is 0 Å². The maximum absolute atomic E-state index is 12.5. The minimum Gasteiger partial charge on any atom is -0.207 e. The topological polar surface area (TPSA) is 0 Å². The maximum atomic E-state index is 12.5. The Labute approximate surface area is 76.9 Å². The molecule has 0 aliphatic heterocycles. The lowest BCUT2D eigenvalue weighted by atomic mass is 10.2. The fourth-order valence-corrected chi connectivity index (χ4v) is 1.50. The van der Waals surface area contributed by atoms with Gasteiger partial charge in [0.05, 0.1) is 5.56 Å². The summed E-state index contributed by atoms with van der Waals surface area (Å²) >= 11 is 0.944. The molecule has 72 valence electrons. The van der Waals surface area contributed by atoms with Gasteiger partial charge >= 0.3 is 6.18 Å². The van der Waals surface area contributed by atoms with Gasteiger partial charge in [0.2, 0.25) is 0 Å². The third-order valence-corrected chi connectivity index (χ3v) is 2.26. The lowest BCUT2D eigenvalue weighted by molar-refractivity contribution is -0.139. The van der Waals surface area contributed by atoms with Gasteiger partial charge in [0.1, 0.15) is 5.82 Å². The minimum absolute atomic E-state index is 0.0360. The number of hydrogen-bond acceptors (Lipinski definition) is 1. The molecule has 0 unspecified atom stereocenters. The first-order valence-electron chi connectivity index (χ1n) is 3.36. The molecule has 0 N–H and O–H groups in total. The third-order valence-electron chi connectivity index (χ3n) is 1.47. The molecule has 0 spiro atoms. The summed E-state index contributed by atoms with van der Waals surface area (Å²) in [7, 11) is 0. The van der Waals surface area contributed by atoms with E-state index in [2.05, 4.69) is 0 Å². The van der Waals surface area contributed by atoms with Gasteiger partial charge in [-0.3, -0.25) is 0 Å². The predicted octanol–water partition coefficient (Wildman–Crippen LogP) is 3.57. The molecule has 0 amide bonds. The van der Waals surface area contributed by atoms with Crippen LogP contribution in [0.2, 0.25) is 0 Å². The molecular formula is C8H6F4S. The highest BCUT2D eigenvalue weighted by Gasteiger charge is 2.33. The summed E-state index contributed by atoms with van der Waals surface area (Å²) in [6, 6.07) is 2.65. The lowest BCUT2D eigenvalue weighted by Gasteiger charge is -2.10. The van der Waals surface area contributed by atoms with Crippen molar-refractivity contribution in [2.24, 2.45) is 0 Å². The average molecular weight is 210 g/mol. The Morgan fingerprint density at radius 3 is 2.31 bits per heavy atom. The van der Waals surface area contributed by atoms with Crippen molar-refractivity contribution in [1.82, 2.24) is 0 Å². The van der Waals surface area contributed by atoms with Crippen LogP contribution in [0.3, 0.4) is 0 Å². The third kappa shape index (κ3) is 2.37. The molecule has 0 heterocycles. The van der Waals surface area contributed by atoms with Gasteiger partial charge in [-0.1, -0.05) is 0 Å². The zero-order valence-corrected chi connectivity index (χ0v) is 7.47. The lowest BCUT2D eigenvalue weighted by Crippen LogP contribution is -2.07. The Morgan fingerprint density at radius 2 is 1.85 bits per heavy atom. The van der Waals surface area contributed by atoms with Gasteiger partial charge in [-0.05, 0) is 24.5 Å². The molecule has 1 aromatic carbocycles. The van der Waals surface area contributed by atoms with Crippen molar-refractivity contribution in [3.05, 3.63) is 29.6 Å². The Balaban J connectivity index is 3.24. The first-order chi connectivity index (χ1) is 5.95. The van der Waals surface area contributed by atoms with E-state index in [1.165, 1.54) is 6.26 Å². The van der Waals surface area contributed by atoms with Crippen LogP contribution in [0.4, 0.5) is 17.6 Å². The molecular weight excluding hydrogens is 204 g/mol. The van der Waals surface area contributed by atoms with Crippen LogP contribution in [-0.2, 0) is 6.18 Å². The Kier molecular flexibility index (Phi) is 2.85. The molecule has 0 aliphatic carbocycles. The molecule has 13 heavy (non-hydrogen) atoms. The number of rotatable bonds is 1. The van der Waals surface area contributed by atoms with Crippen molar-refractivity contribution in [2.75, 3.05) is 6.26 Å². The van der Waals surface area contributed by atoms with Crippen molar-refractivity contribution < 1.29 is 17.6 Å². The van der Waals surface area contributed by atoms with E-state index in [-0.39, 0.29) is 4.90 Å². The normalized spacial score (nSPS) is 11.8. The standard InChI is InChI=1S/C8H6F4S/c1-13-7-3-2-5(9)4-6(7)8(10,11)12/h2-4H,1H3. The molecule has 5 heteroatoms. The second kappa shape index (κ2) is 3.57. The largest absolute Gasteiger partial charge is 0.417 e. The number of thioether (sulfide) groups is 1. The summed E-state index contributed by atoms with van der Waals surface area (Å²) in [5.74, 6) is -0.870. The second-order valence-electron chi connectivity index (χ2n) is 2.34. The van der Waals surface area contributed by atoms with E-state index in [0.717, 1.165) is 23.9 Å². The van der Waals surface area contributed by atoms with Crippen molar-refractivity contribution in [3.63, 3.8) is 0 Å². The molecule has 0 saturated carbocycles. The van der Waals surface area contributed by atoms with E-state index in [9.17, 15) is 17.6 Å². The highest BCUT2D eigenvalue weighted by molar-refractivity contribution is 7.98. The highest BCUT2D eigenvalue weighted by atomic mass is 32.2. The summed E-state index contributed by atoms with van der Waals surface area (Å²) in [5, 5.41) is 0. The molecule has 0 fully saturated rings. The van der Waals surface area contributed by atoms with E-state index in [4.69, 9.17) is 0 Å². The van der Waals surface area contributed by atoms with Crippen LogP contribution < -0.4 is 0 Å². The van der Waals surface area contributed by atoms with E-state index in [1.54, 1.807) is 0 Å². The van der Waals surface area contributed by atoms with Crippen LogP contribution >= 0.6 is 11.8 Å². The van der Waals surface area contributed by atoms with Gasteiger partial charge < -0.3 is 0 Å². The van der Waals surface area contributed by atoms with E-state index in [0.29, 0.717) is 6.07 Å². The van der Waals surface area contributed by atoms with E-state index < -0.39 is 17.6 Å². The molecule has 0 atom stereocenters. The van der Waals surface area contributed by atoms with Gasteiger partial charge in [-0.2, -0.15) is 13.2 Å². The molecule has 0 saturated heterocycles.